The zero-order chi connectivity index (χ0) is 36.4. The van der Waals surface area contributed by atoms with E-state index in [0.717, 1.165) is 44.6 Å². The summed E-state index contributed by atoms with van der Waals surface area (Å²) in [4.78, 5) is 4.84. The van der Waals surface area contributed by atoms with Gasteiger partial charge in [0.1, 0.15) is 5.82 Å². The molecular weight excluding hydrogens is 820 g/mol. The van der Waals surface area contributed by atoms with E-state index in [4.69, 9.17) is 14.8 Å². The van der Waals surface area contributed by atoms with Crippen LogP contribution >= 0.6 is 0 Å². The van der Waals surface area contributed by atoms with E-state index in [1.54, 1.807) is 0 Å². The molecular formula is C46H48N4OPt. The monoisotopic (exact) mass is 867 g/mol. The van der Waals surface area contributed by atoms with Crippen molar-refractivity contribution in [3.8, 4) is 34.1 Å². The van der Waals surface area contributed by atoms with Gasteiger partial charge >= 0.3 is 21.1 Å². The Labute approximate surface area is 323 Å². The van der Waals surface area contributed by atoms with Gasteiger partial charge in [-0.05, 0) is 89.0 Å². The largest absolute Gasteiger partial charge is 2.00 e. The van der Waals surface area contributed by atoms with Gasteiger partial charge in [-0.15, -0.1) is 41.3 Å². The van der Waals surface area contributed by atoms with E-state index in [0.29, 0.717) is 11.5 Å². The molecule has 3 aromatic heterocycles. The van der Waals surface area contributed by atoms with Gasteiger partial charge in [-0.25, -0.2) is 4.98 Å². The molecule has 3 heterocycles. The molecule has 0 amide bonds. The Balaban J connectivity index is 0.00000464. The third-order valence-electron chi connectivity index (χ3n) is 9.92. The van der Waals surface area contributed by atoms with Crippen molar-refractivity contribution >= 4 is 21.8 Å². The maximum Gasteiger partial charge on any atom is 2.00 e. The topological polar surface area (TPSA) is 44.9 Å². The molecule has 0 atom stereocenters. The van der Waals surface area contributed by atoms with Crippen LogP contribution in [0.5, 0.6) is 11.5 Å². The molecule has 4 aromatic carbocycles. The Bertz CT molecular complexity index is 2410. The smallest absolute Gasteiger partial charge is 0.509 e. The first-order chi connectivity index (χ1) is 24.1. The number of fused-ring (bicyclic) bond motifs is 3. The number of aromatic nitrogens is 4. The molecule has 0 unspecified atom stereocenters. The van der Waals surface area contributed by atoms with Crippen LogP contribution in [0, 0.1) is 32.9 Å². The summed E-state index contributed by atoms with van der Waals surface area (Å²) in [6.07, 6.45) is 1.90. The number of nitrogens with zero attached hydrogens (tertiary/aromatic N) is 4. The van der Waals surface area contributed by atoms with Gasteiger partial charge in [0.05, 0.1) is 11.4 Å². The molecule has 0 saturated heterocycles. The molecule has 0 aliphatic heterocycles. The van der Waals surface area contributed by atoms with E-state index in [9.17, 15) is 0 Å². The molecule has 0 saturated carbocycles. The Kier molecular flexibility index (Phi) is 9.91. The Morgan fingerprint density at radius 2 is 1.38 bits per heavy atom. The number of hydrogen-bond acceptors (Lipinski definition) is 3. The summed E-state index contributed by atoms with van der Waals surface area (Å²) < 4.78 is 11.0. The molecule has 7 aromatic rings. The van der Waals surface area contributed by atoms with Crippen LogP contribution in [0.1, 0.15) is 94.9 Å². The first-order valence-corrected chi connectivity index (χ1v) is 18.0. The van der Waals surface area contributed by atoms with E-state index in [1.807, 2.05) is 12.3 Å². The Morgan fingerprint density at radius 3 is 2.06 bits per heavy atom. The third kappa shape index (κ3) is 6.76. The molecule has 0 bridgehead atoms. The van der Waals surface area contributed by atoms with Crippen LogP contribution in [0.4, 0.5) is 0 Å². The zero-order valence-electron chi connectivity index (χ0n) is 32.2. The first kappa shape index (κ1) is 37.3. The maximum absolute atomic E-state index is 6.72. The van der Waals surface area contributed by atoms with Crippen molar-refractivity contribution < 1.29 is 25.8 Å². The second-order valence-corrected chi connectivity index (χ2v) is 16.2. The van der Waals surface area contributed by atoms with Crippen LogP contribution in [0.25, 0.3) is 44.4 Å². The molecule has 52 heavy (non-hydrogen) atoms. The standard InChI is InChI=1S/C46H48N4O.Pt/c1-28(2)44-43(42-29(3)15-14-16-30(42)4)31(5)48-50(44)34-23-33(46(9,10)11)24-36(26-34)51-35-19-20-38-37-17-12-13-18-39(37)49(40(38)27-35)41-25-32(21-22-47-41)45(6,7)8;/h12-25,28H,1-11H3;/q-2;+2. The van der Waals surface area contributed by atoms with E-state index < -0.39 is 0 Å². The van der Waals surface area contributed by atoms with Crippen LogP contribution in [0.2, 0.25) is 0 Å². The molecule has 0 radical (unpaired) electrons. The average molecular weight is 868 g/mol. The van der Waals surface area contributed by atoms with E-state index in [-0.39, 0.29) is 37.8 Å². The van der Waals surface area contributed by atoms with Gasteiger partial charge < -0.3 is 9.30 Å². The van der Waals surface area contributed by atoms with Gasteiger partial charge in [0, 0.05) is 28.8 Å². The molecule has 5 nitrogen and oxygen atoms in total. The maximum atomic E-state index is 6.72. The molecule has 7 rings (SSSR count). The summed E-state index contributed by atoms with van der Waals surface area (Å²) in [6, 6.07) is 35.0. The minimum atomic E-state index is -0.137. The van der Waals surface area contributed by atoms with Crippen molar-refractivity contribution in [3.63, 3.8) is 0 Å². The number of hydrogen-bond donors (Lipinski definition) is 0. The summed E-state index contributed by atoms with van der Waals surface area (Å²) >= 11 is 0. The summed E-state index contributed by atoms with van der Waals surface area (Å²) in [5.41, 5.74) is 12.2. The number of aryl methyl sites for hydroxylation is 3. The Morgan fingerprint density at radius 1 is 0.692 bits per heavy atom. The van der Waals surface area contributed by atoms with Crippen molar-refractivity contribution in [1.82, 2.24) is 19.3 Å². The molecule has 0 fully saturated rings. The summed E-state index contributed by atoms with van der Waals surface area (Å²) in [6.45, 7) is 24.3. The number of ether oxygens (including phenoxy) is 1. The number of para-hydroxylation sites is 1. The SMILES string of the molecule is Cc1cccc(C)c1-c1c(C)nn(-c2[c-]c(Oc3[c-]c4c(cc3)c3ccccc3n4-c3cc(C(C)(C)C)ccn3)cc(C(C)(C)C)c2)c1C(C)C.[Pt+2]. The Hall–Kier alpha value is -4.47. The summed E-state index contributed by atoms with van der Waals surface area (Å²) in [5.74, 6) is 2.32. The number of benzene rings is 4. The molecule has 6 heteroatoms. The average Bonchev–Trinajstić information content (AvgIpc) is 3.58. The van der Waals surface area contributed by atoms with Gasteiger partial charge in [0.15, 0.2) is 0 Å². The van der Waals surface area contributed by atoms with Gasteiger partial charge in [-0.3, -0.25) is 4.68 Å². The fraction of sp³-hybridized carbons (Fsp3) is 0.304. The minimum absolute atomic E-state index is 0. The fourth-order valence-corrected chi connectivity index (χ4v) is 7.21. The van der Waals surface area contributed by atoms with Gasteiger partial charge in [-0.2, -0.15) is 11.2 Å². The van der Waals surface area contributed by atoms with Crippen molar-refractivity contribution in [1.29, 1.82) is 0 Å². The molecule has 0 spiro atoms. The van der Waals surface area contributed by atoms with Crippen molar-refractivity contribution in [2.24, 2.45) is 0 Å². The van der Waals surface area contributed by atoms with E-state index >= 15 is 0 Å². The molecule has 0 aliphatic carbocycles. The molecule has 0 N–H and O–H groups in total. The fourth-order valence-electron chi connectivity index (χ4n) is 7.21. The van der Waals surface area contributed by atoms with Crippen LogP contribution in [0.15, 0.2) is 85.1 Å². The van der Waals surface area contributed by atoms with Gasteiger partial charge in [0.2, 0.25) is 0 Å². The normalized spacial score (nSPS) is 12.2. The third-order valence-corrected chi connectivity index (χ3v) is 9.92. The summed E-state index contributed by atoms with van der Waals surface area (Å²) in [5, 5.41) is 7.43. The van der Waals surface area contributed by atoms with Crippen LogP contribution < -0.4 is 4.74 Å². The van der Waals surface area contributed by atoms with Gasteiger partial charge in [-0.1, -0.05) is 97.3 Å². The van der Waals surface area contributed by atoms with Crippen molar-refractivity contribution in [2.45, 2.75) is 92.9 Å². The predicted molar refractivity (Wildman–Crippen MR) is 211 cm³/mol. The molecule has 268 valence electrons. The van der Waals surface area contributed by atoms with Crippen LogP contribution in [-0.2, 0) is 31.9 Å². The number of rotatable bonds is 6. The van der Waals surface area contributed by atoms with E-state index in [1.165, 1.54) is 33.5 Å². The van der Waals surface area contributed by atoms with Gasteiger partial charge in [0.25, 0.3) is 0 Å². The minimum Gasteiger partial charge on any atom is -0.509 e. The van der Waals surface area contributed by atoms with Crippen LogP contribution in [0.3, 0.4) is 0 Å². The second kappa shape index (κ2) is 13.8. The van der Waals surface area contributed by atoms with Crippen molar-refractivity contribution in [3.05, 3.63) is 131 Å². The van der Waals surface area contributed by atoms with E-state index in [2.05, 4.69) is 170 Å². The zero-order valence-corrected chi connectivity index (χ0v) is 34.4. The van der Waals surface area contributed by atoms with Crippen LogP contribution in [-0.4, -0.2) is 19.3 Å². The second-order valence-electron chi connectivity index (χ2n) is 16.2. The summed E-state index contributed by atoms with van der Waals surface area (Å²) in [7, 11) is 0. The van der Waals surface area contributed by atoms with Crippen molar-refractivity contribution in [2.75, 3.05) is 0 Å². The quantitative estimate of drug-likeness (QED) is 0.156. The first-order valence-electron chi connectivity index (χ1n) is 18.0. The molecule has 0 aliphatic rings. The predicted octanol–water partition coefficient (Wildman–Crippen LogP) is 12.1. The number of pyridine rings is 1.